The lowest BCUT2D eigenvalue weighted by Gasteiger charge is -2.21. The molecule has 0 aromatic carbocycles. The largest absolute Gasteiger partial charge is 0.324 e. The SMILES string of the molecule is CC1=CCN(C)C(=O)N1. The predicted molar refractivity (Wildman–Crippen MR) is 34.9 cm³/mol. The van der Waals surface area contributed by atoms with Crippen molar-refractivity contribution in [1.29, 1.82) is 0 Å². The fourth-order valence-electron chi connectivity index (χ4n) is 0.672. The number of carbonyl (C=O) groups is 1. The van der Waals surface area contributed by atoms with Crippen molar-refractivity contribution in [1.82, 2.24) is 10.2 Å². The van der Waals surface area contributed by atoms with Crippen LogP contribution < -0.4 is 5.32 Å². The van der Waals surface area contributed by atoms with Crippen molar-refractivity contribution in [3.05, 3.63) is 11.8 Å². The summed E-state index contributed by atoms with van der Waals surface area (Å²) in [4.78, 5) is 12.4. The van der Waals surface area contributed by atoms with Crippen molar-refractivity contribution in [3.63, 3.8) is 0 Å². The molecule has 0 aromatic rings. The minimum absolute atomic E-state index is 0.0185. The van der Waals surface area contributed by atoms with Crippen molar-refractivity contribution >= 4 is 6.03 Å². The Morgan fingerprint density at radius 2 is 2.44 bits per heavy atom. The average molecular weight is 126 g/mol. The zero-order chi connectivity index (χ0) is 6.85. The van der Waals surface area contributed by atoms with E-state index in [2.05, 4.69) is 5.32 Å². The van der Waals surface area contributed by atoms with Crippen LogP contribution in [0.3, 0.4) is 0 Å². The van der Waals surface area contributed by atoms with Crippen molar-refractivity contribution in [2.75, 3.05) is 13.6 Å². The maximum Gasteiger partial charge on any atom is 0.321 e. The minimum atomic E-state index is -0.0185. The molecule has 0 aromatic heterocycles. The van der Waals surface area contributed by atoms with Crippen molar-refractivity contribution in [3.8, 4) is 0 Å². The first-order valence-electron chi connectivity index (χ1n) is 2.89. The standard InChI is InChI=1S/C6H10N2O/c1-5-3-4-8(2)6(9)7-5/h3H,4H2,1-2H3,(H,7,9). The molecule has 1 aliphatic heterocycles. The van der Waals surface area contributed by atoms with E-state index >= 15 is 0 Å². The first kappa shape index (κ1) is 6.13. The molecule has 0 saturated carbocycles. The number of nitrogens with zero attached hydrogens (tertiary/aromatic N) is 1. The van der Waals surface area contributed by atoms with Crippen LogP contribution in [0, 0.1) is 0 Å². The number of hydrogen-bond acceptors (Lipinski definition) is 1. The Morgan fingerprint density at radius 3 is 2.89 bits per heavy atom. The van der Waals surface area contributed by atoms with Crippen LogP contribution in [0.1, 0.15) is 6.92 Å². The number of allylic oxidation sites excluding steroid dienone is 1. The monoisotopic (exact) mass is 126 g/mol. The summed E-state index contributed by atoms with van der Waals surface area (Å²) in [7, 11) is 1.76. The molecule has 0 bridgehead atoms. The lowest BCUT2D eigenvalue weighted by molar-refractivity contribution is 0.213. The Morgan fingerprint density at radius 1 is 1.78 bits per heavy atom. The van der Waals surface area contributed by atoms with Crippen LogP contribution >= 0.6 is 0 Å². The van der Waals surface area contributed by atoms with Gasteiger partial charge in [0.1, 0.15) is 0 Å². The van der Waals surface area contributed by atoms with E-state index < -0.39 is 0 Å². The highest BCUT2D eigenvalue weighted by Crippen LogP contribution is 1.97. The van der Waals surface area contributed by atoms with Gasteiger partial charge in [-0.3, -0.25) is 0 Å². The summed E-state index contributed by atoms with van der Waals surface area (Å²) in [5.41, 5.74) is 0.943. The van der Waals surface area contributed by atoms with Gasteiger partial charge in [0.2, 0.25) is 0 Å². The summed E-state index contributed by atoms with van der Waals surface area (Å²) < 4.78 is 0. The number of rotatable bonds is 0. The summed E-state index contributed by atoms with van der Waals surface area (Å²) in [5.74, 6) is 0. The summed E-state index contributed by atoms with van der Waals surface area (Å²) in [6.45, 7) is 2.60. The van der Waals surface area contributed by atoms with Crippen LogP contribution in [-0.4, -0.2) is 24.5 Å². The van der Waals surface area contributed by atoms with E-state index in [0.717, 1.165) is 12.2 Å². The molecule has 0 unspecified atom stereocenters. The van der Waals surface area contributed by atoms with E-state index in [9.17, 15) is 4.79 Å². The molecule has 1 N–H and O–H groups in total. The highest BCUT2D eigenvalue weighted by molar-refractivity contribution is 5.76. The molecule has 1 aliphatic rings. The van der Waals surface area contributed by atoms with Gasteiger partial charge >= 0.3 is 6.03 Å². The zero-order valence-corrected chi connectivity index (χ0v) is 5.64. The molecule has 0 atom stereocenters. The zero-order valence-electron chi connectivity index (χ0n) is 5.64. The van der Waals surface area contributed by atoms with Crippen molar-refractivity contribution in [2.45, 2.75) is 6.92 Å². The van der Waals surface area contributed by atoms with Gasteiger partial charge in [-0.05, 0) is 13.0 Å². The Hall–Kier alpha value is -0.990. The number of nitrogens with one attached hydrogen (secondary N) is 1. The topological polar surface area (TPSA) is 32.3 Å². The molecule has 3 nitrogen and oxygen atoms in total. The van der Waals surface area contributed by atoms with Crippen molar-refractivity contribution in [2.24, 2.45) is 0 Å². The maximum absolute atomic E-state index is 10.8. The van der Waals surface area contributed by atoms with E-state index in [1.54, 1.807) is 11.9 Å². The quantitative estimate of drug-likeness (QED) is 0.505. The summed E-state index contributed by atoms with van der Waals surface area (Å²) >= 11 is 0. The van der Waals surface area contributed by atoms with Crippen molar-refractivity contribution < 1.29 is 4.79 Å². The molecule has 1 heterocycles. The lowest BCUT2D eigenvalue weighted by atomic mass is 10.3. The summed E-state index contributed by atoms with van der Waals surface area (Å²) in [6, 6.07) is -0.0185. The first-order chi connectivity index (χ1) is 4.20. The Kier molecular flexibility index (Phi) is 1.42. The molecule has 0 radical (unpaired) electrons. The number of likely N-dealkylation sites (N-methyl/N-ethyl adjacent to an activating group) is 1. The van der Waals surface area contributed by atoms with Gasteiger partial charge < -0.3 is 10.2 Å². The van der Waals surface area contributed by atoms with Crippen LogP contribution in [0.25, 0.3) is 0 Å². The molecule has 3 heteroatoms. The molecule has 1 rings (SSSR count). The van der Waals surface area contributed by atoms with Gasteiger partial charge in [-0.2, -0.15) is 0 Å². The number of amides is 2. The predicted octanol–water partition coefficient (Wildman–Crippen LogP) is 0.545. The first-order valence-corrected chi connectivity index (χ1v) is 2.89. The molecular formula is C6H10N2O. The normalized spacial score (nSPS) is 19.1. The van der Waals surface area contributed by atoms with Gasteiger partial charge in [-0.25, -0.2) is 4.79 Å². The van der Waals surface area contributed by atoms with E-state index in [4.69, 9.17) is 0 Å². The van der Waals surface area contributed by atoms with Crippen LogP contribution in [0.2, 0.25) is 0 Å². The third-order valence-electron chi connectivity index (χ3n) is 1.32. The Balaban J connectivity index is 2.65. The van der Waals surface area contributed by atoms with Gasteiger partial charge in [0.05, 0.1) is 0 Å². The van der Waals surface area contributed by atoms with E-state index in [1.165, 1.54) is 0 Å². The number of urea groups is 1. The van der Waals surface area contributed by atoms with E-state index in [-0.39, 0.29) is 6.03 Å². The van der Waals surface area contributed by atoms with Crippen LogP contribution in [0.4, 0.5) is 4.79 Å². The third-order valence-corrected chi connectivity index (χ3v) is 1.32. The second-order valence-electron chi connectivity index (χ2n) is 2.20. The summed E-state index contributed by atoms with van der Waals surface area (Å²) in [6.07, 6.45) is 1.97. The fraction of sp³-hybridized carbons (Fsp3) is 0.500. The molecule has 9 heavy (non-hydrogen) atoms. The molecule has 0 fully saturated rings. The van der Waals surface area contributed by atoms with E-state index in [1.807, 2.05) is 13.0 Å². The molecule has 2 amide bonds. The van der Waals surface area contributed by atoms with Crippen LogP contribution in [0.5, 0.6) is 0 Å². The van der Waals surface area contributed by atoms with Gasteiger partial charge in [-0.1, -0.05) is 0 Å². The van der Waals surface area contributed by atoms with Gasteiger partial charge in [-0.15, -0.1) is 0 Å². The highest BCUT2D eigenvalue weighted by Gasteiger charge is 2.10. The van der Waals surface area contributed by atoms with Gasteiger partial charge in [0.15, 0.2) is 0 Å². The minimum Gasteiger partial charge on any atom is -0.324 e. The van der Waals surface area contributed by atoms with Crippen LogP contribution in [0.15, 0.2) is 11.8 Å². The van der Waals surface area contributed by atoms with Gasteiger partial charge in [0.25, 0.3) is 0 Å². The lowest BCUT2D eigenvalue weighted by Crippen LogP contribution is -2.40. The maximum atomic E-state index is 10.8. The Labute approximate surface area is 54.3 Å². The molecular weight excluding hydrogens is 116 g/mol. The van der Waals surface area contributed by atoms with Crippen LogP contribution in [-0.2, 0) is 0 Å². The molecule has 0 aliphatic carbocycles. The van der Waals surface area contributed by atoms with Gasteiger partial charge in [0, 0.05) is 19.3 Å². The third kappa shape index (κ3) is 1.22. The molecule has 0 saturated heterocycles. The second-order valence-corrected chi connectivity index (χ2v) is 2.20. The Bertz CT molecular complexity index is 162. The smallest absolute Gasteiger partial charge is 0.321 e. The van der Waals surface area contributed by atoms with E-state index in [0.29, 0.717) is 0 Å². The average Bonchev–Trinajstić information content (AvgIpc) is 1.80. The fourth-order valence-corrected chi connectivity index (χ4v) is 0.672. The molecule has 50 valence electrons. The second kappa shape index (κ2) is 2.09. The molecule has 0 spiro atoms. The number of hydrogen-bond donors (Lipinski definition) is 1. The summed E-state index contributed by atoms with van der Waals surface area (Å²) in [5, 5.41) is 2.68. The number of carbonyl (C=O) groups excluding carboxylic acids is 1. The highest BCUT2D eigenvalue weighted by atomic mass is 16.2.